The number of benzene rings is 2. The molecule has 0 radical (unpaired) electrons. The van der Waals surface area contributed by atoms with Gasteiger partial charge in [-0.25, -0.2) is 13.8 Å². The Morgan fingerprint density at radius 3 is 2.24 bits per heavy atom. The largest absolute Gasteiger partial charge is 0.480 e. The maximum absolute atomic E-state index is 14.2. The van der Waals surface area contributed by atoms with Crippen LogP contribution in [0.25, 0.3) is 10.9 Å². The highest BCUT2D eigenvalue weighted by molar-refractivity contribution is 5.94. The number of carboxylic acid groups (broad SMARTS) is 1. The van der Waals surface area contributed by atoms with Crippen LogP contribution < -0.4 is 10.5 Å². The SMILES string of the molecule is Cc1nc2cc(C(F)(F)F)c([C@H](C)N(C)c3ccc(C(=O)N4CCC5(CC4)CC5(F)F)cc3)cc2c(=O)n1CC(=O)O. The predicted molar refractivity (Wildman–Crippen MR) is 144 cm³/mol. The van der Waals surface area contributed by atoms with Crippen LogP contribution >= 0.6 is 0 Å². The summed E-state index contributed by atoms with van der Waals surface area (Å²) in [5.74, 6) is -4.28. The predicted octanol–water partition coefficient (Wildman–Crippen LogP) is 5.27. The van der Waals surface area contributed by atoms with Crippen LogP contribution in [0.15, 0.2) is 41.2 Å². The molecule has 1 aromatic heterocycles. The van der Waals surface area contributed by atoms with Crippen LogP contribution in [-0.4, -0.2) is 57.5 Å². The second-order valence-electron chi connectivity index (χ2n) is 11.2. The van der Waals surface area contributed by atoms with Gasteiger partial charge in [0.2, 0.25) is 0 Å². The molecule has 1 aliphatic heterocycles. The van der Waals surface area contributed by atoms with Crippen molar-refractivity contribution in [1.29, 1.82) is 0 Å². The number of amides is 1. The maximum atomic E-state index is 14.2. The van der Waals surface area contributed by atoms with Crippen molar-refractivity contribution in [2.75, 3.05) is 25.0 Å². The normalized spacial score (nSPS) is 18.2. The van der Waals surface area contributed by atoms with E-state index < -0.39 is 47.2 Å². The number of carboxylic acids is 1. The lowest BCUT2D eigenvalue weighted by molar-refractivity contribution is -0.138. The Kier molecular flexibility index (Phi) is 7.05. The Labute approximate surface area is 237 Å². The van der Waals surface area contributed by atoms with E-state index in [0.29, 0.717) is 11.3 Å². The van der Waals surface area contributed by atoms with Crippen LogP contribution in [0.5, 0.6) is 0 Å². The van der Waals surface area contributed by atoms with Crippen molar-refractivity contribution in [3.8, 4) is 0 Å². The molecule has 42 heavy (non-hydrogen) atoms. The van der Waals surface area contributed by atoms with E-state index in [2.05, 4.69) is 4.98 Å². The summed E-state index contributed by atoms with van der Waals surface area (Å²) in [4.78, 5) is 44.4. The number of fused-ring (bicyclic) bond motifs is 1. The molecule has 8 nitrogen and oxygen atoms in total. The quantitative estimate of drug-likeness (QED) is 0.392. The Morgan fingerprint density at radius 1 is 1.12 bits per heavy atom. The third-order valence-electron chi connectivity index (χ3n) is 8.69. The van der Waals surface area contributed by atoms with Gasteiger partial charge >= 0.3 is 12.1 Å². The minimum atomic E-state index is -4.77. The van der Waals surface area contributed by atoms with Gasteiger partial charge in [-0.3, -0.25) is 19.0 Å². The number of carbonyl (C=O) groups excluding carboxylic acids is 1. The third-order valence-corrected chi connectivity index (χ3v) is 8.69. The number of aromatic nitrogens is 2. The van der Waals surface area contributed by atoms with Crippen molar-refractivity contribution in [2.24, 2.45) is 5.41 Å². The Hall–Kier alpha value is -4.03. The van der Waals surface area contributed by atoms with E-state index in [1.807, 2.05) is 0 Å². The molecule has 1 amide bonds. The molecule has 2 heterocycles. The lowest BCUT2D eigenvalue weighted by atomic mass is 9.92. The van der Waals surface area contributed by atoms with Crippen LogP contribution in [0.1, 0.15) is 59.5 Å². The Morgan fingerprint density at radius 2 is 1.71 bits per heavy atom. The lowest BCUT2D eigenvalue weighted by Crippen LogP contribution is -2.40. The zero-order valence-corrected chi connectivity index (χ0v) is 23.1. The van der Waals surface area contributed by atoms with E-state index in [0.717, 1.165) is 16.7 Å². The number of aryl methyl sites for hydroxylation is 1. The number of hydrogen-bond donors (Lipinski definition) is 1. The average Bonchev–Trinajstić information content (AvgIpc) is 3.47. The van der Waals surface area contributed by atoms with Gasteiger partial charge in [0.25, 0.3) is 17.4 Å². The highest BCUT2D eigenvalue weighted by Crippen LogP contribution is 2.65. The van der Waals surface area contributed by atoms with Gasteiger partial charge in [0, 0.05) is 43.2 Å². The second kappa shape index (κ2) is 10.1. The number of alkyl halides is 5. The van der Waals surface area contributed by atoms with Crippen LogP contribution in [0.4, 0.5) is 27.6 Å². The molecule has 0 bridgehead atoms. The number of piperidine rings is 1. The zero-order chi connectivity index (χ0) is 30.8. The molecule has 1 atom stereocenters. The highest BCUT2D eigenvalue weighted by Gasteiger charge is 2.70. The van der Waals surface area contributed by atoms with Crippen LogP contribution in [0.2, 0.25) is 0 Å². The number of halogens is 5. The molecule has 2 fully saturated rings. The highest BCUT2D eigenvalue weighted by atomic mass is 19.4. The van der Waals surface area contributed by atoms with Gasteiger partial charge in [0.05, 0.1) is 22.5 Å². The van der Waals surface area contributed by atoms with Gasteiger partial charge in [-0.15, -0.1) is 0 Å². The summed E-state index contributed by atoms with van der Waals surface area (Å²) in [7, 11) is 1.57. The number of rotatable bonds is 6. The van der Waals surface area contributed by atoms with Gasteiger partial charge in [0.15, 0.2) is 0 Å². The zero-order valence-electron chi connectivity index (χ0n) is 23.1. The van der Waals surface area contributed by atoms with Gasteiger partial charge in [-0.1, -0.05) is 0 Å². The molecule has 2 aromatic carbocycles. The molecule has 1 saturated carbocycles. The molecular formula is C29H29F5N4O4. The molecule has 3 aromatic rings. The maximum Gasteiger partial charge on any atom is 0.416 e. The number of carbonyl (C=O) groups is 2. The van der Waals surface area contributed by atoms with E-state index in [4.69, 9.17) is 5.11 Å². The molecule has 1 aliphatic carbocycles. The van der Waals surface area contributed by atoms with Crippen molar-refractivity contribution >= 4 is 28.5 Å². The molecular weight excluding hydrogens is 563 g/mol. The fraction of sp³-hybridized carbons (Fsp3) is 0.448. The van der Waals surface area contributed by atoms with Gasteiger partial charge in [-0.2, -0.15) is 13.2 Å². The monoisotopic (exact) mass is 592 g/mol. The van der Waals surface area contributed by atoms with E-state index in [9.17, 15) is 36.3 Å². The van der Waals surface area contributed by atoms with Crippen molar-refractivity contribution in [1.82, 2.24) is 14.5 Å². The fourth-order valence-electron chi connectivity index (χ4n) is 5.82. The molecule has 1 saturated heterocycles. The third kappa shape index (κ3) is 5.09. The summed E-state index contributed by atoms with van der Waals surface area (Å²) in [5.41, 5.74) is -2.30. The number of anilines is 1. The number of nitrogens with zero attached hydrogens (tertiary/aromatic N) is 4. The van der Waals surface area contributed by atoms with Crippen molar-refractivity contribution in [3.05, 3.63) is 69.3 Å². The standard InChI is InChI=1S/C29H29F5N4O4/c1-16(20-12-21-23(13-22(20)29(32,33)34)35-17(2)38(26(21)42)14-24(39)40)36(3)19-6-4-18(5-7-19)25(41)37-10-8-27(9-11-37)15-28(27,30)31/h4-7,12-13,16H,8-11,14-15H2,1-3H3,(H,39,40)/t16-/m0/s1. The Bertz CT molecular complexity index is 1630. The topological polar surface area (TPSA) is 95.7 Å². The number of likely N-dealkylation sites (tertiary alicyclic amines) is 1. The smallest absolute Gasteiger partial charge is 0.416 e. The molecule has 1 N–H and O–H groups in total. The summed E-state index contributed by atoms with van der Waals surface area (Å²) in [6.45, 7) is 2.66. The van der Waals surface area contributed by atoms with Gasteiger partial charge in [0.1, 0.15) is 12.4 Å². The van der Waals surface area contributed by atoms with Crippen LogP contribution in [0.3, 0.4) is 0 Å². The number of aliphatic carboxylic acids is 1. The Balaban J connectivity index is 1.41. The van der Waals surface area contributed by atoms with Crippen molar-refractivity contribution < 1.29 is 36.6 Å². The molecule has 1 spiro atoms. The van der Waals surface area contributed by atoms with Crippen molar-refractivity contribution in [2.45, 2.75) is 57.8 Å². The van der Waals surface area contributed by atoms with E-state index in [1.165, 1.54) is 13.8 Å². The minimum Gasteiger partial charge on any atom is -0.480 e. The van der Waals surface area contributed by atoms with E-state index in [-0.39, 0.29) is 60.5 Å². The molecule has 0 unspecified atom stereocenters. The lowest BCUT2D eigenvalue weighted by Gasteiger charge is -2.32. The molecule has 5 rings (SSSR count). The first-order valence-electron chi connectivity index (χ1n) is 13.4. The summed E-state index contributed by atoms with van der Waals surface area (Å²) in [6, 6.07) is 7.26. The molecule has 13 heteroatoms. The summed E-state index contributed by atoms with van der Waals surface area (Å²) >= 11 is 0. The number of hydrogen-bond acceptors (Lipinski definition) is 5. The van der Waals surface area contributed by atoms with E-state index >= 15 is 0 Å². The summed E-state index contributed by atoms with van der Waals surface area (Å²) in [5, 5.41) is 9.02. The van der Waals surface area contributed by atoms with Crippen LogP contribution in [0, 0.1) is 12.3 Å². The van der Waals surface area contributed by atoms with E-state index in [1.54, 1.807) is 41.1 Å². The summed E-state index contributed by atoms with van der Waals surface area (Å²) < 4.78 is 70.8. The first-order valence-corrected chi connectivity index (χ1v) is 13.4. The summed E-state index contributed by atoms with van der Waals surface area (Å²) in [6.07, 6.45) is -4.41. The second-order valence-corrected chi connectivity index (χ2v) is 11.2. The van der Waals surface area contributed by atoms with Gasteiger partial charge in [-0.05, 0) is 68.7 Å². The van der Waals surface area contributed by atoms with Gasteiger partial charge < -0.3 is 14.9 Å². The molecule has 224 valence electrons. The minimum absolute atomic E-state index is 0.0230. The fourth-order valence-corrected chi connectivity index (χ4v) is 5.82. The van der Waals surface area contributed by atoms with Crippen LogP contribution in [-0.2, 0) is 17.5 Å². The van der Waals surface area contributed by atoms with Crippen molar-refractivity contribution in [3.63, 3.8) is 0 Å². The average molecular weight is 593 g/mol. The molecule has 2 aliphatic rings. The first kappa shape index (κ1) is 29.5. The first-order chi connectivity index (χ1) is 19.5.